The average Bonchev–Trinajstić information content (AvgIpc) is 2.77. The number of aliphatic hydroxyl groups is 2. The van der Waals surface area contributed by atoms with Gasteiger partial charge in [-0.25, -0.2) is 0 Å². The van der Waals surface area contributed by atoms with E-state index in [1.165, 1.54) is 17.3 Å². The van der Waals surface area contributed by atoms with Gasteiger partial charge in [-0.3, -0.25) is 29.4 Å². The lowest BCUT2D eigenvalue weighted by Gasteiger charge is -2.28. The van der Waals surface area contributed by atoms with Gasteiger partial charge in [-0.05, 0) is 13.8 Å². The molecule has 2 aromatic rings. The van der Waals surface area contributed by atoms with Crippen molar-refractivity contribution >= 4 is 11.9 Å². The molecular formula is C22H30N4O8. The van der Waals surface area contributed by atoms with E-state index in [0.717, 1.165) is 0 Å². The van der Waals surface area contributed by atoms with Gasteiger partial charge in [0.15, 0.2) is 0 Å². The summed E-state index contributed by atoms with van der Waals surface area (Å²) in [6, 6.07) is 0. The van der Waals surface area contributed by atoms with Crippen molar-refractivity contribution in [1.82, 2.24) is 19.8 Å². The van der Waals surface area contributed by atoms with Crippen molar-refractivity contribution in [1.29, 1.82) is 0 Å². The van der Waals surface area contributed by atoms with Gasteiger partial charge in [0, 0.05) is 60.8 Å². The van der Waals surface area contributed by atoms with Crippen LogP contribution in [-0.2, 0) is 35.9 Å². The van der Waals surface area contributed by atoms with Gasteiger partial charge >= 0.3 is 11.9 Å². The Morgan fingerprint density at radius 1 is 0.765 bits per heavy atom. The number of aliphatic carboxylic acids is 2. The quantitative estimate of drug-likeness (QED) is 0.226. The first kappa shape index (κ1) is 26.9. The summed E-state index contributed by atoms with van der Waals surface area (Å²) in [7, 11) is 0. The van der Waals surface area contributed by atoms with Crippen LogP contribution in [0, 0.1) is 13.8 Å². The topological polar surface area (TPSA) is 188 Å². The second-order valence-corrected chi connectivity index (χ2v) is 7.92. The van der Waals surface area contributed by atoms with Crippen molar-refractivity contribution in [2.45, 2.75) is 40.2 Å². The highest BCUT2D eigenvalue weighted by Crippen LogP contribution is 2.29. The first-order chi connectivity index (χ1) is 16.1. The molecule has 186 valence electrons. The van der Waals surface area contributed by atoms with E-state index in [4.69, 9.17) is 10.2 Å². The van der Waals surface area contributed by atoms with Gasteiger partial charge in [0.2, 0.25) is 0 Å². The molecule has 0 spiro atoms. The molecular weight excluding hydrogens is 448 g/mol. The van der Waals surface area contributed by atoms with Crippen molar-refractivity contribution in [3.8, 4) is 11.5 Å². The largest absolute Gasteiger partial charge is 0.506 e. The number of aliphatic hydroxyl groups excluding tert-OH is 2. The average molecular weight is 479 g/mol. The van der Waals surface area contributed by atoms with Gasteiger partial charge in [-0.15, -0.1) is 0 Å². The zero-order valence-corrected chi connectivity index (χ0v) is 19.1. The maximum absolute atomic E-state index is 11.2. The molecule has 0 aromatic carbocycles. The van der Waals surface area contributed by atoms with Crippen LogP contribution in [-0.4, -0.2) is 88.5 Å². The molecule has 0 bridgehead atoms. The highest BCUT2D eigenvalue weighted by atomic mass is 16.4. The van der Waals surface area contributed by atoms with E-state index in [-0.39, 0.29) is 50.9 Å². The summed E-state index contributed by atoms with van der Waals surface area (Å²) in [4.78, 5) is 33.4. The second-order valence-electron chi connectivity index (χ2n) is 7.92. The molecule has 0 aliphatic rings. The molecule has 0 saturated heterocycles. The number of aromatic hydroxyl groups is 2. The van der Waals surface area contributed by atoms with Crippen LogP contribution in [0.3, 0.4) is 0 Å². The number of hydrogen-bond donors (Lipinski definition) is 6. The van der Waals surface area contributed by atoms with E-state index in [1.54, 1.807) is 18.7 Å². The number of pyridine rings is 2. The van der Waals surface area contributed by atoms with Gasteiger partial charge in [-0.2, -0.15) is 0 Å². The molecule has 12 nitrogen and oxygen atoms in total. The fourth-order valence-electron chi connectivity index (χ4n) is 3.53. The summed E-state index contributed by atoms with van der Waals surface area (Å²) in [5.41, 5.74) is 2.27. The summed E-state index contributed by atoms with van der Waals surface area (Å²) >= 11 is 0. The molecule has 2 heterocycles. The minimum Gasteiger partial charge on any atom is -0.506 e. The molecule has 34 heavy (non-hydrogen) atoms. The van der Waals surface area contributed by atoms with Crippen molar-refractivity contribution in [3.05, 3.63) is 46.0 Å². The molecule has 0 aliphatic heterocycles. The molecule has 2 rings (SSSR count). The molecule has 0 fully saturated rings. The minimum atomic E-state index is -1.18. The number of carboxylic acid groups (broad SMARTS) is 2. The lowest BCUT2D eigenvalue weighted by Crippen LogP contribution is -2.40. The van der Waals surface area contributed by atoms with Gasteiger partial charge in [0.1, 0.15) is 11.5 Å². The molecule has 0 radical (unpaired) electrons. The number of nitrogens with zero attached hydrogens (tertiary/aromatic N) is 4. The van der Waals surface area contributed by atoms with Gasteiger partial charge < -0.3 is 30.6 Å². The van der Waals surface area contributed by atoms with Crippen LogP contribution >= 0.6 is 0 Å². The Kier molecular flexibility index (Phi) is 9.69. The Hall–Kier alpha value is -3.32. The number of aromatic nitrogens is 2. The SMILES string of the molecule is Cc1ncc(CO)c(CN(CCN(CC(=O)O)CC(=O)O)Cc2c(CO)cnc(C)c2O)c1O. The van der Waals surface area contributed by atoms with Crippen LogP contribution in [0.15, 0.2) is 12.4 Å². The Balaban J connectivity index is 2.42. The highest BCUT2D eigenvalue weighted by Gasteiger charge is 2.21. The lowest BCUT2D eigenvalue weighted by molar-refractivity contribution is -0.141. The van der Waals surface area contributed by atoms with Gasteiger partial charge in [-0.1, -0.05) is 0 Å². The third-order valence-corrected chi connectivity index (χ3v) is 5.41. The van der Waals surface area contributed by atoms with Crippen molar-refractivity contribution < 1.29 is 40.2 Å². The molecule has 2 aromatic heterocycles. The third-order valence-electron chi connectivity index (χ3n) is 5.41. The van der Waals surface area contributed by atoms with Crippen molar-refractivity contribution in [2.75, 3.05) is 26.2 Å². The number of hydrogen-bond acceptors (Lipinski definition) is 10. The molecule has 0 saturated carbocycles. The molecule has 0 amide bonds. The van der Waals surface area contributed by atoms with E-state index in [2.05, 4.69) is 9.97 Å². The van der Waals surface area contributed by atoms with Gasteiger partial charge in [0.25, 0.3) is 0 Å². The number of rotatable bonds is 13. The fraction of sp³-hybridized carbons (Fsp3) is 0.455. The van der Waals surface area contributed by atoms with Crippen LogP contribution in [0.25, 0.3) is 0 Å². The Bertz CT molecular complexity index is 953. The Morgan fingerprint density at radius 3 is 1.50 bits per heavy atom. The van der Waals surface area contributed by atoms with Crippen molar-refractivity contribution in [2.24, 2.45) is 0 Å². The predicted molar refractivity (Wildman–Crippen MR) is 119 cm³/mol. The molecule has 0 unspecified atom stereocenters. The van der Waals surface area contributed by atoms with E-state index in [0.29, 0.717) is 33.6 Å². The zero-order valence-electron chi connectivity index (χ0n) is 19.1. The lowest BCUT2D eigenvalue weighted by atomic mass is 10.0. The maximum atomic E-state index is 11.2. The van der Waals surface area contributed by atoms with Gasteiger partial charge in [0.05, 0.1) is 37.7 Å². The number of carboxylic acids is 2. The van der Waals surface area contributed by atoms with Crippen LogP contribution in [0.5, 0.6) is 11.5 Å². The van der Waals surface area contributed by atoms with Crippen LogP contribution in [0.2, 0.25) is 0 Å². The molecule has 6 N–H and O–H groups in total. The monoisotopic (exact) mass is 478 g/mol. The summed E-state index contributed by atoms with van der Waals surface area (Å²) in [6.07, 6.45) is 2.88. The smallest absolute Gasteiger partial charge is 0.317 e. The maximum Gasteiger partial charge on any atom is 0.317 e. The number of carbonyl (C=O) groups is 2. The summed E-state index contributed by atoms with van der Waals surface area (Å²) in [6.45, 7) is 1.84. The third kappa shape index (κ3) is 7.09. The van der Waals surface area contributed by atoms with Crippen LogP contribution < -0.4 is 0 Å². The Morgan fingerprint density at radius 2 is 1.15 bits per heavy atom. The van der Waals surface area contributed by atoms with E-state index < -0.39 is 25.0 Å². The summed E-state index contributed by atoms with van der Waals surface area (Å²) in [5.74, 6) is -2.57. The molecule has 12 heteroatoms. The second kappa shape index (κ2) is 12.2. The highest BCUT2D eigenvalue weighted by molar-refractivity contribution is 5.72. The normalized spacial score (nSPS) is 11.4. The standard InChI is InChI=1S/C22H30N4O8/c1-13-21(33)17(15(11-27)5-23-13)7-25(3-4-26(9-19(29)30)10-20(31)32)8-18-16(12-28)6-24-14(2)22(18)34/h5-6,27-28,33-34H,3-4,7-12H2,1-2H3,(H,29,30)(H,31,32). The molecule has 0 atom stereocenters. The number of aryl methyl sites for hydroxylation is 2. The molecule has 0 aliphatic carbocycles. The summed E-state index contributed by atoms with van der Waals surface area (Å²) in [5, 5.41) is 58.8. The summed E-state index contributed by atoms with van der Waals surface area (Å²) < 4.78 is 0. The fourth-order valence-corrected chi connectivity index (χ4v) is 3.53. The van der Waals surface area contributed by atoms with E-state index in [1.807, 2.05) is 0 Å². The predicted octanol–water partition coefficient (Wildman–Crippen LogP) is -0.0374. The Labute approximate surface area is 196 Å². The van der Waals surface area contributed by atoms with Crippen LogP contribution in [0.1, 0.15) is 33.6 Å². The zero-order chi connectivity index (χ0) is 25.4. The minimum absolute atomic E-state index is 0.0527. The van der Waals surface area contributed by atoms with E-state index in [9.17, 15) is 30.0 Å². The first-order valence-electron chi connectivity index (χ1n) is 10.5. The van der Waals surface area contributed by atoms with Crippen LogP contribution in [0.4, 0.5) is 0 Å². The van der Waals surface area contributed by atoms with E-state index >= 15 is 0 Å². The van der Waals surface area contributed by atoms with Crippen molar-refractivity contribution in [3.63, 3.8) is 0 Å². The first-order valence-corrected chi connectivity index (χ1v) is 10.5.